The zero-order chi connectivity index (χ0) is 16.8. The summed E-state index contributed by atoms with van der Waals surface area (Å²) in [5.41, 5.74) is 0. The predicted octanol–water partition coefficient (Wildman–Crippen LogP) is -1.11. The molecule has 0 aromatic rings. The molecule has 0 spiro atoms. The number of amides is 1. The molecule has 1 amide bonds. The van der Waals surface area contributed by atoms with Gasteiger partial charge in [-0.3, -0.25) is 4.79 Å². The van der Waals surface area contributed by atoms with Gasteiger partial charge >= 0.3 is 41.6 Å². The molecule has 0 rings (SSSR count). The first-order valence-electron chi connectivity index (χ1n) is 7.76. The third-order valence-corrected chi connectivity index (χ3v) is 4.83. The Bertz CT molecular complexity index is 380. The van der Waals surface area contributed by atoms with Gasteiger partial charge in [-0.25, -0.2) is 4.79 Å². The minimum atomic E-state index is -3.31. The van der Waals surface area contributed by atoms with Crippen molar-refractivity contribution < 1.29 is 58.1 Å². The first kappa shape index (κ1) is 25.2. The molecule has 0 bridgehead atoms. The van der Waals surface area contributed by atoms with Gasteiger partial charge in [-0.1, -0.05) is 20.3 Å². The molecule has 0 aliphatic heterocycles. The molecule has 0 fully saturated rings. The first-order valence-corrected chi connectivity index (χ1v) is 9.76. The van der Waals surface area contributed by atoms with Crippen LogP contribution in [0, 0.1) is 0 Å². The second kappa shape index (κ2) is 15.5. The molecular weight excluding hydrogens is 332 g/mol. The number of hydrogen-bond donors (Lipinski definition) is 1. The molecule has 0 saturated carbocycles. The van der Waals surface area contributed by atoms with Crippen molar-refractivity contribution in [3.8, 4) is 0 Å². The molecule has 0 aliphatic carbocycles. The van der Waals surface area contributed by atoms with E-state index in [4.69, 9.17) is 9.47 Å². The third-order valence-electron chi connectivity index (χ3n) is 2.83. The van der Waals surface area contributed by atoms with Gasteiger partial charge in [0.25, 0.3) is 0 Å². The molecule has 1 unspecified atom stereocenters. The summed E-state index contributed by atoms with van der Waals surface area (Å²) >= 11 is 0. The van der Waals surface area contributed by atoms with Crippen molar-refractivity contribution in [2.24, 2.45) is 0 Å². The minimum Gasteiger partial charge on any atom is -0.799 e. The van der Waals surface area contributed by atoms with Crippen LogP contribution in [-0.2, 0) is 18.8 Å². The zero-order valence-electron chi connectivity index (χ0n) is 14.5. The number of ether oxygens (including phenoxy) is 2. The molecule has 0 heterocycles. The van der Waals surface area contributed by atoms with Crippen LogP contribution in [0.25, 0.3) is 0 Å². The van der Waals surface area contributed by atoms with Crippen LogP contribution >= 0.6 is 7.37 Å². The summed E-state index contributed by atoms with van der Waals surface area (Å²) in [6.07, 6.45) is 2.61. The van der Waals surface area contributed by atoms with E-state index in [1.807, 2.05) is 13.8 Å². The number of alkyl carbamates (subject to hydrolysis) is 1. The monoisotopic (exact) mass is 359 g/mol. The van der Waals surface area contributed by atoms with E-state index in [9.17, 15) is 19.0 Å². The Balaban J connectivity index is 0. The molecule has 130 valence electrons. The number of nitrogens with one attached hydrogen (secondary N) is 1. The average Bonchev–Trinajstić information content (AvgIpc) is 2.46. The van der Waals surface area contributed by atoms with E-state index in [-0.39, 0.29) is 67.6 Å². The summed E-state index contributed by atoms with van der Waals surface area (Å²) < 4.78 is 21.2. The average molecular weight is 359 g/mol. The molecule has 9 heteroatoms. The Kier molecular flexibility index (Phi) is 16.9. The molecule has 23 heavy (non-hydrogen) atoms. The maximum Gasteiger partial charge on any atom is 1.00 e. The van der Waals surface area contributed by atoms with Gasteiger partial charge < -0.3 is 24.2 Å². The third kappa shape index (κ3) is 16.6. The Labute approximate surface area is 160 Å². The number of carbonyl (C=O) groups is 2. The van der Waals surface area contributed by atoms with Crippen LogP contribution in [0.2, 0.25) is 0 Å². The number of carbonyl (C=O) groups excluding carboxylic acids is 2. The normalized spacial score (nSPS) is 12.7. The van der Waals surface area contributed by atoms with Gasteiger partial charge in [-0.2, -0.15) is 0 Å². The van der Waals surface area contributed by atoms with Gasteiger partial charge in [0.2, 0.25) is 0 Å². The number of hydrogen-bond acceptors (Lipinski definition) is 6. The van der Waals surface area contributed by atoms with E-state index in [1.54, 1.807) is 0 Å². The van der Waals surface area contributed by atoms with E-state index in [1.165, 1.54) is 0 Å². The molecule has 0 radical (unpaired) electrons. The molecule has 1 N–H and O–H groups in total. The second-order valence-electron chi connectivity index (χ2n) is 5.00. The number of unbranched alkanes of at least 4 members (excludes halogenated alkanes) is 1. The van der Waals surface area contributed by atoms with Gasteiger partial charge in [0.05, 0.1) is 0 Å². The SMILES string of the molecule is CCCCP(=O)([O-])CCCNC(=O)OCCOC(=O)CCC.[Na+]. The van der Waals surface area contributed by atoms with Gasteiger partial charge in [0.15, 0.2) is 0 Å². The first-order chi connectivity index (χ1) is 10.4. The van der Waals surface area contributed by atoms with Gasteiger partial charge in [-0.15, -0.1) is 0 Å². The van der Waals surface area contributed by atoms with Crippen molar-refractivity contribution in [1.82, 2.24) is 5.32 Å². The van der Waals surface area contributed by atoms with E-state index < -0.39 is 13.5 Å². The van der Waals surface area contributed by atoms with Gasteiger partial charge in [-0.05, 0) is 31.6 Å². The van der Waals surface area contributed by atoms with Crippen molar-refractivity contribution in [2.45, 2.75) is 46.0 Å². The fourth-order valence-electron chi connectivity index (χ4n) is 1.64. The van der Waals surface area contributed by atoms with Crippen LogP contribution in [-0.4, -0.2) is 44.1 Å². The summed E-state index contributed by atoms with van der Waals surface area (Å²) in [7, 11) is -3.31. The van der Waals surface area contributed by atoms with Crippen LogP contribution in [0.1, 0.15) is 46.0 Å². The number of esters is 1. The van der Waals surface area contributed by atoms with Crippen molar-refractivity contribution in [3.05, 3.63) is 0 Å². The number of rotatable bonds is 12. The van der Waals surface area contributed by atoms with E-state index >= 15 is 0 Å². The van der Waals surface area contributed by atoms with Crippen molar-refractivity contribution in [2.75, 3.05) is 32.1 Å². The summed E-state index contributed by atoms with van der Waals surface area (Å²) in [5, 5.41) is 2.46. The molecule has 0 saturated heterocycles. The topological polar surface area (TPSA) is 105 Å². The summed E-state index contributed by atoms with van der Waals surface area (Å²) in [6.45, 7) is 4.06. The summed E-state index contributed by atoms with van der Waals surface area (Å²) in [6, 6.07) is 0. The Hall–Kier alpha value is -0.0700. The smallest absolute Gasteiger partial charge is 0.799 e. The maximum absolute atomic E-state index is 11.6. The Morgan fingerprint density at radius 3 is 2.26 bits per heavy atom. The largest absolute Gasteiger partial charge is 1.00 e. The Morgan fingerprint density at radius 2 is 1.65 bits per heavy atom. The minimum absolute atomic E-state index is 0. The van der Waals surface area contributed by atoms with Crippen LogP contribution < -0.4 is 39.8 Å². The van der Waals surface area contributed by atoms with Crippen LogP contribution in [0.5, 0.6) is 0 Å². The second-order valence-corrected chi connectivity index (χ2v) is 7.53. The molecule has 0 aromatic carbocycles. The molecular formula is C14H27NNaO6P. The maximum atomic E-state index is 11.6. The molecule has 0 aromatic heterocycles. The van der Waals surface area contributed by atoms with Gasteiger partial charge in [0.1, 0.15) is 13.2 Å². The van der Waals surface area contributed by atoms with Crippen LogP contribution in [0.3, 0.4) is 0 Å². The molecule has 7 nitrogen and oxygen atoms in total. The quantitative estimate of drug-likeness (QED) is 0.205. The van der Waals surface area contributed by atoms with Crippen LogP contribution in [0.15, 0.2) is 0 Å². The molecule has 1 atom stereocenters. The van der Waals surface area contributed by atoms with E-state index in [2.05, 4.69) is 5.32 Å². The Morgan fingerprint density at radius 1 is 1.04 bits per heavy atom. The molecule has 0 aliphatic rings. The van der Waals surface area contributed by atoms with Crippen molar-refractivity contribution in [3.63, 3.8) is 0 Å². The zero-order valence-corrected chi connectivity index (χ0v) is 17.4. The van der Waals surface area contributed by atoms with Gasteiger partial charge in [0, 0.05) is 20.3 Å². The van der Waals surface area contributed by atoms with E-state index in [0.29, 0.717) is 25.7 Å². The summed E-state index contributed by atoms with van der Waals surface area (Å²) in [5.74, 6) is -0.315. The fraction of sp³-hybridized carbons (Fsp3) is 0.857. The standard InChI is InChI=1S/C14H28NO6P.Na/c1-3-5-11-22(18,19)12-6-8-15-14(17)21-10-9-20-13(16)7-4-2;/h3-12H2,1-2H3,(H,15,17)(H,18,19);/q;+1/p-1. The van der Waals surface area contributed by atoms with Crippen LogP contribution in [0.4, 0.5) is 4.79 Å². The van der Waals surface area contributed by atoms with E-state index in [0.717, 1.165) is 6.42 Å². The van der Waals surface area contributed by atoms with Crippen molar-refractivity contribution >= 4 is 19.4 Å². The van der Waals surface area contributed by atoms with Crippen molar-refractivity contribution in [1.29, 1.82) is 0 Å². The fourth-order valence-corrected chi connectivity index (χ4v) is 3.30. The summed E-state index contributed by atoms with van der Waals surface area (Å²) in [4.78, 5) is 33.9. The predicted molar refractivity (Wildman–Crippen MR) is 82.1 cm³/mol.